The van der Waals surface area contributed by atoms with E-state index < -0.39 is 11.7 Å². The molecule has 6 heteroatoms. The Kier molecular flexibility index (Phi) is 3.25. The molecule has 1 saturated carbocycles. The highest BCUT2D eigenvalue weighted by atomic mass is 19.4. The smallest absolute Gasteiger partial charge is 0.356 e. The molecule has 3 rings (SSSR count). The highest BCUT2D eigenvalue weighted by molar-refractivity contribution is 5.61. The van der Waals surface area contributed by atoms with E-state index in [9.17, 15) is 13.2 Å². The van der Waals surface area contributed by atoms with Gasteiger partial charge in [-0.1, -0.05) is 17.3 Å². The molecule has 1 aromatic carbocycles. The Morgan fingerprint density at radius 2 is 2.10 bits per heavy atom. The minimum Gasteiger partial charge on any atom is -0.356 e. The third-order valence-corrected chi connectivity index (χ3v) is 3.25. The molecule has 2 aromatic rings. The predicted octanol–water partition coefficient (Wildman–Crippen LogP) is 3.61. The molecule has 0 bridgehead atoms. The molecule has 1 aromatic heterocycles. The Balaban J connectivity index is 1.86. The predicted molar refractivity (Wildman–Crippen MR) is 66.8 cm³/mol. The van der Waals surface area contributed by atoms with Gasteiger partial charge in [-0.3, -0.25) is 0 Å². The molecule has 20 heavy (non-hydrogen) atoms. The van der Waals surface area contributed by atoms with Crippen LogP contribution in [0.15, 0.2) is 35.0 Å². The van der Waals surface area contributed by atoms with Crippen molar-refractivity contribution < 1.29 is 17.7 Å². The normalized spacial score (nSPS) is 15.6. The van der Waals surface area contributed by atoms with Gasteiger partial charge >= 0.3 is 6.18 Å². The summed E-state index contributed by atoms with van der Waals surface area (Å²) in [6.07, 6.45) is -0.526. The topological polar surface area (TPSA) is 38.1 Å². The van der Waals surface area contributed by atoms with Crippen LogP contribution in [0, 0.1) is 0 Å². The Labute approximate surface area is 113 Å². The van der Waals surface area contributed by atoms with Gasteiger partial charge in [-0.2, -0.15) is 13.2 Å². The molecule has 3 nitrogen and oxygen atoms in total. The maximum absolute atomic E-state index is 12.7. The second-order valence-electron chi connectivity index (χ2n) is 4.91. The van der Waals surface area contributed by atoms with Crippen molar-refractivity contribution >= 4 is 0 Å². The lowest BCUT2D eigenvalue weighted by atomic mass is 10.1. The Morgan fingerprint density at radius 1 is 1.30 bits per heavy atom. The molecule has 106 valence electrons. The maximum atomic E-state index is 12.7. The lowest BCUT2D eigenvalue weighted by molar-refractivity contribution is -0.137. The number of rotatable bonds is 4. The molecule has 1 heterocycles. The molecule has 1 fully saturated rings. The fraction of sp³-hybridized carbons (Fsp3) is 0.357. The fourth-order valence-electron chi connectivity index (χ4n) is 2.00. The van der Waals surface area contributed by atoms with Crippen LogP contribution in [0.3, 0.4) is 0 Å². The molecule has 0 amide bonds. The van der Waals surface area contributed by atoms with Gasteiger partial charge in [0.25, 0.3) is 0 Å². The fourth-order valence-corrected chi connectivity index (χ4v) is 2.00. The van der Waals surface area contributed by atoms with Gasteiger partial charge in [0.15, 0.2) is 5.76 Å². The monoisotopic (exact) mass is 282 g/mol. The maximum Gasteiger partial charge on any atom is 0.416 e. The number of hydrogen-bond donors (Lipinski definition) is 1. The molecule has 0 aliphatic heterocycles. The number of alkyl halides is 3. The minimum atomic E-state index is -4.36. The molecular weight excluding hydrogens is 269 g/mol. The Bertz CT molecular complexity index is 602. The Hall–Kier alpha value is -1.82. The van der Waals surface area contributed by atoms with Crippen LogP contribution in [0.1, 0.15) is 24.0 Å². The van der Waals surface area contributed by atoms with Crippen molar-refractivity contribution in [2.24, 2.45) is 0 Å². The summed E-state index contributed by atoms with van der Waals surface area (Å²) in [6.45, 7) is 0.555. The van der Waals surface area contributed by atoms with Crippen molar-refractivity contribution in [3.05, 3.63) is 41.6 Å². The third kappa shape index (κ3) is 2.85. The zero-order valence-electron chi connectivity index (χ0n) is 10.6. The van der Waals surface area contributed by atoms with Gasteiger partial charge in [-0.15, -0.1) is 0 Å². The second kappa shape index (κ2) is 4.94. The summed E-state index contributed by atoms with van der Waals surface area (Å²) >= 11 is 0. The van der Waals surface area contributed by atoms with E-state index in [1.807, 2.05) is 0 Å². The Morgan fingerprint density at radius 3 is 2.80 bits per heavy atom. The zero-order valence-corrected chi connectivity index (χ0v) is 10.6. The van der Waals surface area contributed by atoms with Gasteiger partial charge in [0, 0.05) is 23.7 Å². The van der Waals surface area contributed by atoms with Crippen molar-refractivity contribution in [2.75, 3.05) is 0 Å². The van der Waals surface area contributed by atoms with Gasteiger partial charge in [0.05, 0.1) is 11.8 Å². The molecule has 0 radical (unpaired) electrons. The average Bonchev–Trinajstić information content (AvgIpc) is 3.12. The van der Waals surface area contributed by atoms with E-state index in [-0.39, 0.29) is 0 Å². The number of halogens is 3. The highest BCUT2D eigenvalue weighted by Crippen LogP contribution is 2.33. The van der Waals surface area contributed by atoms with E-state index in [1.165, 1.54) is 6.07 Å². The summed E-state index contributed by atoms with van der Waals surface area (Å²) in [5.74, 6) is 0.393. The van der Waals surface area contributed by atoms with Gasteiger partial charge in [0.1, 0.15) is 0 Å². The van der Waals surface area contributed by atoms with Crippen LogP contribution in [0.25, 0.3) is 11.3 Å². The highest BCUT2D eigenvalue weighted by Gasteiger charge is 2.31. The summed E-state index contributed by atoms with van der Waals surface area (Å²) in [6, 6.07) is 5.61. The van der Waals surface area contributed by atoms with Crippen LogP contribution in [-0.2, 0) is 12.7 Å². The van der Waals surface area contributed by atoms with Gasteiger partial charge in [-0.25, -0.2) is 0 Å². The first kappa shape index (κ1) is 13.2. The first-order valence-corrected chi connectivity index (χ1v) is 6.38. The molecule has 1 aliphatic carbocycles. The lowest BCUT2D eigenvalue weighted by Crippen LogP contribution is -2.15. The summed E-state index contributed by atoms with van der Waals surface area (Å²) in [5.41, 5.74) is 0.480. The first-order chi connectivity index (χ1) is 9.54. The van der Waals surface area contributed by atoms with Crippen molar-refractivity contribution in [2.45, 2.75) is 31.6 Å². The van der Waals surface area contributed by atoms with Gasteiger partial charge < -0.3 is 9.84 Å². The minimum absolute atomic E-state index is 0.393. The van der Waals surface area contributed by atoms with E-state index >= 15 is 0 Å². The van der Waals surface area contributed by atoms with Gasteiger partial charge in [-0.05, 0) is 25.0 Å². The van der Waals surface area contributed by atoms with Crippen LogP contribution in [0.2, 0.25) is 0 Å². The van der Waals surface area contributed by atoms with E-state index in [4.69, 9.17) is 4.52 Å². The van der Waals surface area contributed by atoms with Crippen molar-refractivity contribution in [3.63, 3.8) is 0 Å². The summed E-state index contributed by atoms with van der Waals surface area (Å²) in [5, 5.41) is 6.98. The quantitative estimate of drug-likeness (QED) is 0.931. The SMILES string of the molecule is FC(F)(F)c1cccc(-c2oncc2CNC2CC2)c1. The van der Waals surface area contributed by atoms with Gasteiger partial charge in [0.2, 0.25) is 0 Å². The van der Waals surface area contributed by atoms with Crippen molar-refractivity contribution in [3.8, 4) is 11.3 Å². The third-order valence-electron chi connectivity index (χ3n) is 3.25. The number of aromatic nitrogens is 1. The number of hydrogen-bond acceptors (Lipinski definition) is 3. The molecule has 0 saturated heterocycles. The number of benzene rings is 1. The van der Waals surface area contributed by atoms with E-state index in [2.05, 4.69) is 10.5 Å². The number of nitrogens with one attached hydrogen (secondary N) is 1. The lowest BCUT2D eigenvalue weighted by Gasteiger charge is -2.08. The summed E-state index contributed by atoms with van der Waals surface area (Å²) in [7, 11) is 0. The van der Waals surface area contributed by atoms with Crippen molar-refractivity contribution in [1.29, 1.82) is 0 Å². The van der Waals surface area contributed by atoms with E-state index in [0.29, 0.717) is 23.9 Å². The average molecular weight is 282 g/mol. The molecule has 1 aliphatic rings. The standard InChI is InChI=1S/C14H13F3N2O/c15-14(16,17)11-3-1-2-9(6-11)13-10(8-19-20-13)7-18-12-4-5-12/h1-3,6,8,12,18H,4-5,7H2. The first-order valence-electron chi connectivity index (χ1n) is 6.38. The molecular formula is C14H13F3N2O. The van der Waals surface area contributed by atoms with E-state index in [1.54, 1.807) is 12.3 Å². The zero-order chi connectivity index (χ0) is 14.2. The number of nitrogens with zero attached hydrogens (tertiary/aromatic N) is 1. The van der Waals surface area contributed by atoms with Crippen LogP contribution >= 0.6 is 0 Å². The summed E-state index contributed by atoms with van der Waals surface area (Å²) < 4.78 is 43.3. The van der Waals surface area contributed by atoms with Crippen LogP contribution in [0.4, 0.5) is 13.2 Å². The van der Waals surface area contributed by atoms with E-state index in [0.717, 1.165) is 30.5 Å². The second-order valence-corrected chi connectivity index (χ2v) is 4.91. The molecule has 0 spiro atoms. The molecule has 1 N–H and O–H groups in total. The van der Waals surface area contributed by atoms with Crippen molar-refractivity contribution in [1.82, 2.24) is 10.5 Å². The summed E-state index contributed by atoms with van der Waals surface area (Å²) in [4.78, 5) is 0. The van der Waals surface area contributed by atoms with Crippen LogP contribution in [-0.4, -0.2) is 11.2 Å². The molecule has 0 unspecified atom stereocenters. The molecule has 0 atom stereocenters. The largest absolute Gasteiger partial charge is 0.416 e. The van der Waals surface area contributed by atoms with Crippen LogP contribution < -0.4 is 5.32 Å². The van der Waals surface area contributed by atoms with Crippen LogP contribution in [0.5, 0.6) is 0 Å².